The number of ether oxygens (including phenoxy) is 1. The van der Waals surface area contributed by atoms with E-state index >= 15 is 0 Å². The topological polar surface area (TPSA) is 69.0 Å². The average Bonchev–Trinajstić information content (AvgIpc) is 3.03. The normalized spacial score (nSPS) is 10.9. The Labute approximate surface area is 193 Å². The monoisotopic (exact) mass is 484 g/mol. The predicted molar refractivity (Wildman–Crippen MR) is 122 cm³/mol. The first-order chi connectivity index (χ1) is 14.2. The standard InChI is InChI=1S/C20H19Cl3N4O2S/c1-11-4-5-17(12(2)6-11)29-9-18-25-26-20(27(18)3)30-10-19(28)24-16-8-14(22)13(21)7-15(16)23/h4-8H,9-10H2,1-3H3,(H,24,28). The van der Waals surface area contributed by atoms with E-state index in [1.807, 2.05) is 33.0 Å². The first-order valence-electron chi connectivity index (χ1n) is 8.90. The number of amides is 1. The fraction of sp³-hybridized carbons (Fsp3) is 0.250. The number of carbonyl (C=O) groups excluding carboxylic acids is 1. The van der Waals surface area contributed by atoms with Gasteiger partial charge in [-0.05, 0) is 37.6 Å². The van der Waals surface area contributed by atoms with Gasteiger partial charge in [0.2, 0.25) is 5.91 Å². The number of aryl methyl sites for hydroxylation is 2. The average molecular weight is 486 g/mol. The van der Waals surface area contributed by atoms with Crippen LogP contribution in [0.5, 0.6) is 5.75 Å². The molecule has 0 saturated heterocycles. The Kier molecular flexibility index (Phi) is 7.52. The van der Waals surface area contributed by atoms with Crippen molar-refractivity contribution in [1.29, 1.82) is 0 Å². The van der Waals surface area contributed by atoms with E-state index in [1.165, 1.54) is 29.5 Å². The maximum atomic E-state index is 12.3. The summed E-state index contributed by atoms with van der Waals surface area (Å²) in [6.45, 7) is 4.31. The number of nitrogens with zero attached hydrogens (tertiary/aromatic N) is 3. The second-order valence-corrected chi connectivity index (χ2v) is 8.76. The zero-order valence-corrected chi connectivity index (χ0v) is 19.6. The van der Waals surface area contributed by atoms with E-state index in [0.717, 1.165) is 11.3 Å². The SMILES string of the molecule is Cc1ccc(OCc2nnc(SCC(=O)Nc3cc(Cl)c(Cl)cc3Cl)n2C)c(C)c1. The molecule has 0 saturated carbocycles. The van der Waals surface area contributed by atoms with Crippen LogP contribution >= 0.6 is 46.6 Å². The van der Waals surface area contributed by atoms with E-state index in [4.69, 9.17) is 39.5 Å². The van der Waals surface area contributed by atoms with Crippen molar-refractivity contribution < 1.29 is 9.53 Å². The van der Waals surface area contributed by atoms with Crippen molar-refractivity contribution in [3.8, 4) is 5.75 Å². The highest BCUT2D eigenvalue weighted by atomic mass is 35.5. The highest BCUT2D eigenvalue weighted by Crippen LogP contribution is 2.32. The molecule has 2 aromatic carbocycles. The Balaban J connectivity index is 1.57. The molecule has 30 heavy (non-hydrogen) atoms. The van der Waals surface area contributed by atoms with E-state index in [0.29, 0.717) is 31.7 Å². The molecular weight excluding hydrogens is 467 g/mol. The van der Waals surface area contributed by atoms with E-state index in [1.54, 1.807) is 4.57 Å². The maximum Gasteiger partial charge on any atom is 0.234 e. The molecule has 0 aliphatic carbocycles. The number of rotatable bonds is 7. The molecule has 0 radical (unpaired) electrons. The molecule has 1 aromatic heterocycles. The third-order valence-electron chi connectivity index (χ3n) is 4.23. The summed E-state index contributed by atoms with van der Waals surface area (Å²) in [5, 5.41) is 12.6. The largest absolute Gasteiger partial charge is 0.485 e. The molecule has 0 aliphatic rings. The van der Waals surface area contributed by atoms with E-state index in [2.05, 4.69) is 21.6 Å². The van der Waals surface area contributed by atoms with Crippen molar-refractivity contribution in [3.05, 3.63) is 62.4 Å². The summed E-state index contributed by atoms with van der Waals surface area (Å²) in [6.07, 6.45) is 0. The van der Waals surface area contributed by atoms with Gasteiger partial charge in [0.25, 0.3) is 0 Å². The molecule has 158 valence electrons. The van der Waals surface area contributed by atoms with Crippen LogP contribution in [0.1, 0.15) is 17.0 Å². The van der Waals surface area contributed by atoms with Gasteiger partial charge in [0.05, 0.1) is 26.5 Å². The van der Waals surface area contributed by atoms with Crippen LogP contribution in [0.3, 0.4) is 0 Å². The lowest BCUT2D eigenvalue weighted by Crippen LogP contribution is -2.15. The number of aromatic nitrogens is 3. The molecule has 1 heterocycles. The van der Waals surface area contributed by atoms with Crippen molar-refractivity contribution in [1.82, 2.24) is 14.8 Å². The van der Waals surface area contributed by atoms with E-state index in [-0.39, 0.29) is 18.3 Å². The summed E-state index contributed by atoms with van der Waals surface area (Å²) in [5.41, 5.74) is 2.64. The van der Waals surface area contributed by atoms with Crippen LogP contribution in [0, 0.1) is 13.8 Å². The molecule has 6 nitrogen and oxygen atoms in total. The number of thioether (sulfide) groups is 1. The van der Waals surface area contributed by atoms with Gasteiger partial charge in [0.1, 0.15) is 12.4 Å². The van der Waals surface area contributed by atoms with Crippen molar-refractivity contribution in [3.63, 3.8) is 0 Å². The summed E-state index contributed by atoms with van der Waals surface area (Å²) in [4.78, 5) is 12.3. The quantitative estimate of drug-likeness (QED) is 0.343. The van der Waals surface area contributed by atoms with Gasteiger partial charge in [-0.2, -0.15) is 0 Å². The first kappa shape index (κ1) is 22.7. The summed E-state index contributed by atoms with van der Waals surface area (Å²) >= 11 is 19.2. The molecule has 1 N–H and O–H groups in total. The summed E-state index contributed by atoms with van der Waals surface area (Å²) in [7, 11) is 1.83. The van der Waals surface area contributed by atoms with Crippen LogP contribution in [-0.4, -0.2) is 26.4 Å². The summed E-state index contributed by atoms with van der Waals surface area (Å²) in [5.74, 6) is 1.33. The molecule has 1 amide bonds. The van der Waals surface area contributed by atoms with E-state index in [9.17, 15) is 4.79 Å². The number of benzene rings is 2. The lowest BCUT2D eigenvalue weighted by Gasteiger charge is -2.10. The van der Waals surface area contributed by atoms with Crippen molar-refractivity contribution in [2.75, 3.05) is 11.1 Å². The van der Waals surface area contributed by atoms with Gasteiger partial charge < -0.3 is 14.6 Å². The highest BCUT2D eigenvalue weighted by Gasteiger charge is 2.14. The molecule has 3 aromatic rings. The zero-order chi connectivity index (χ0) is 21.8. The van der Waals surface area contributed by atoms with Crippen molar-refractivity contribution >= 4 is 58.2 Å². The fourth-order valence-corrected chi connectivity index (χ4v) is 3.96. The zero-order valence-electron chi connectivity index (χ0n) is 16.5. The van der Waals surface area contributed by atoms with Crippen LogP contribution in [0.4, 0.5) is 5.69 Å². The molecule has 0 aliphatic heterocycles. The third kappa shape index (κ3) is 5.60. The Morgan fingerprint density at radius 2 is 1.83 bits per heavy atom. The smallest absolute Gasteiger partial charge is 0.234 e. The molecule has 0 fully saturated rings. The van der Waals surface area contributed by atoms with Crippen LogP contribution in [-0.2, 0) is 18.4 Å². The van der Waals surface area contributed by atoms with E-state index < -0.39 is 0 Å². The number of nitrogens with one attached hydrogen (secondary N) is 1. The number of hydrogen-bond donors (Lipinski definition) is 1. The second kappa shape index (κ2) is 9.92. The van der Waals surface area contributed by atoms with Crippen LogP contribution in [0.25, 0.3) is 0 Å². The summed E-state index contributed by atoms with van der Waals surface area (Å²) in [6, 6.07) is 9.00. The second-order valence-electron chi connectivity index (χ2n) is 6.60. The minimum absolute atomic E-state index is 0.125. The molecule has 3 rings (SSSR count). The van der Waals surface area contributed by atoms with Gasteiger partial charge >= 0.3 is 0 Å². The number of halogens is 3. The van der Waals surface area contributed by atoms with Crippen molar-refractivity contribution in [2.45, 2.75) is 25.6 Å². The molecule has 0 spiro atoms. The molecular formula is C20H19Cl3N4O2S. The van der Waals surface area contributed by atoms with Gasteiger partial charge in [-0.25, -0.2) is 0 Å². The number of hydrogen-bond acceptors (Lipinski definition) is 5. The van der Waals surface area contributed by atoms with Gasteiger partial charge in [0.15, 0.2) is 11.0 Å². The van der Waals surface area contributed by atoms with Gasteiger partial charge in [-0.1, -0.05) is 64.3 Å². The Hall–Kier alpha value is -1.93. The predicted octanol–water partition coefficient (Wildman–Crippen LogP) is 5.70. The van der Waals surface area contributed by atoms with Gasteiger partial charge in [0, 0.05) is 7.05 Å². The van der Waals surface area contributed by atoms with Crippen LogP contribution in [0.15, 0.2) is 35.5 Å². The van der Waals surface area contributed by atoms with Gasteiger partial charge in [-0.15, -0.1) is 10.2 Å². The minimum Gasteiger partial charge on any atom is -0.485 e. The fourth-order valence-electron chi connectivity index (χ4n) is 2.63. The highest BCUT2D eigenvalue weighted by molar-refractivity contribution is 7.99. The summed E-state index contributed by atoms with van der Waals surface area (Å²) < 4.78 is 7.66. The van der Waals surface area contributed by atoms with Crippen LogP contribution < -0.4 is 10.1 Å². The first-order valence-corrected chi connectivity index (χ1v) is 11.0. The Morgan fingerprint density at radius 1 is 1.10 bits per heavy atom. The third-order valence-corrected chi connectivity index (χ3v) is 6.28. The molecule has 0 atom stereocenters. The minimum atomic E-state index is -0.253. The molecule has 10 heteroatoms. The molecule has 0 bridgehead atoms. The lowest BCUT2D eigenvalue weighted by molar-refractivity contribution is -0.113. The lowest BCUT2D eigenvalue weighted by atomic mass is 10.1. The Bertz CT molecular complexity index is 1090. The maximum absolute atomic E-state index is 12.3. The molecule has 0 unspecified atom stereocenters. The Morgan fingerprint density at radius 3 is 2.57 bits per heavy atom. The van der Waals surface area contributed by atoms with Crippen LogP contribution in [0.2, 0.25) is 15.1 Å². The number of anilines is 1. The van der Waals surface area contributed by atoms with Gasteiger partial charge in [-0.3, -0.25) is 4.79 Å². The van der Waals surface area contributed by atoms with Crippen molar-refractivity contribution in [2.24, 2.45) is 7.05 Å². The number of carbonyl (C=O) groups is 1.